The lowest BCUT2D eigenvalue weighted by Gasteiger charge is -2.35. The Kier molecular flexibility index (Phi) is 7.83. The minimum absolute atomic E-state index is 0.0831. The summed E-state index contributed by atoms with van der Waals surface area (Å²) in [6.07, 6.45) is 5.68. The third kappa shape index (κ3) is 5.62. The molecule has 0 unspecified atom stereocenters. The summed E-state index contributed by atoms with van der Waals surface area (Å²) >= 11 is 0. The number of carbonyl (C=O) groups excluding carboxylic acids is 1. The Bertz CT molecular complexity index is 1530. The van der Waals surface area contributed by atoms with E-state index < -0.39 is 0 Å². The number of carbonyl (C=O) groups is 1. The van der Waals surface area contributed by atoms with Crippen LogP contribution in [0.3, 0.4) is 0 Å². The molecule has 0 saturated carbocycles. The Morgan fingerprint density at radius 3 is 2.47 bits per heavy atom. The van der Waals surface area contributed by atoms with Gasteiger partial charge >= 0.3 is 0 Å². The van der Waals surface area contributed by atoms with Crippen LogP contribution in [0.25, 0.3) is 10.8 Å². The van der Waals surface area contributed by atoms with Crippen LogP contribution in [-0.4, -0.2) is 51.4 Å². The number of imidazole rings is 1. The van der Waals surface area contributed by atoms with Crippen molar-refractivity contribution in [1.82, 2.24) is 19.4 Å². The van der Waals surface area contributed by atoms with Crippen LogP contribution < -0.4 is 0 Å². The number of nitrogens with zero attached hydrogens (tertiary/aromatic N) is 5. The van der Waals surface area contributed by atoms with E-state index in [2.05, 4.69) is 45.4 Å². The lowest BCUT2D eigenvalue weighted by Crippen LogP contribution is -2.48. The molecule has 38 heavy (non-hydrogen) atoms. The maximum atomic E-state index is 13.5. The summed E-state index contributed by atoms with van der Waals surface area (Å²) in [5.41, 5.74) is 4.66. The molecule has 0 N–H and O–H groups in total. The molecule has 1 aromatic heterocycles. The third-order valence-corrected chi connectivity index (χ3v) is 7.03. The zero-order valence-electron chi connectivity index (χ0n) is 21.7. The van der Waals surface area contributed by atoms with Crippen molar-refractivity contribution < 1.29 is 4.79 Å². The number of hydrogen-bond acceptors (Lipinski definition) is 4. The van der Waals surface area contributed by atoms with Crippen LogP contribution in [-0.2, 0) is 13.1 Å². The topological polar surface area (TPSA) is 65.2 Å². The van der Waals surface area contributed by atoms with Crippen LogP contribution in [0.4, 0.5) is 0 Å². The van der Waals surface area contributed by atoms with Crippen LogP contribution in [0, 0.1) is 23.2 Å². The first-order valence-corrected chi connectivity index (χ1v) is 13.2. The molecule has 0 bridgehead atoms. The zero-order valence-corrected chi connectivity index (χ0v) is 21.7. The molecule has 2 heterocycles. The molecule has 6 heteroatoms. The van der Waals surface area contributed by atoms with E-state index in [0.29, 0.717) is 25.2 Å². The molecule has 1 aliphatic heterocycles. The summed E-state index contributed by atoms with van der Waals surface area (Å²) < 4.78 is 2.15. The number of rotatable bonds is 6. The van der Waals surface area contributed by atoms with E-state index in [9.17, 15) is 4.79 Å². The highest BCUT2D eigenvalue weighted by Gasteiger charge is 2.24. The van der Waals surface area contributed by atoms with E-state index in [0.717, 1.165) is 65.6 Å². The van der Waals surface area contributed by atoms with Gasteiger partial charge in [-0.25, -0.2) is 4.98 Å². The minimum Gasteiger partial charge on any atom is -0.336 e. The number of nitriles is 1. The molecular weight excluding hydrogens is 470 g/mol. The second-order valence-corrected chi connectivity index (χ2v) is 9.65. The molecule has 1 fully saturated rings. The SMILES string of the molecule is CCCC#Cc1cccc2c(C(=O)N3CCN(Cc4cncn4Cc4ccc(C#N)cc4)CC3)cccc12. The highest BCUT2D eigenvalue weighted by Crippen LogP contribution is 2.24. The number of fused-ring (bicyclic) bond motifs is 1. The van der Waals surface area contributed by atoms with Crippen molar-refractivity contribution in [3.05, 3.63) is 101 Å². The maximum Gasteiger partial charge on any atom is 0.254 e. The third-order valence-electron chi connectivity index (χ3n) is 7.03. The van der Waals surface area contributed by atoms with Crippen molar-refractivity contribution in [2.24, 2.45) is 0 Å². The molecule has 1 aliphatic rings. The molecule has 1 saturated heterocycles. The van der Waals surface area contributed by atoms with Gasteiger partial charge in [0.1, 0.15) is 0 Å². The van der Waals surface area contributed by atoms with Gasteiger partial charge in [0.2, 0.25) is 0 Å². The molecule has 3 aromatic carbocycles. The average molecular weight is 502 g/mol. The molecule has 5 rings (SSSR count). The van der Waals surface area contributed by atoms with Crippen molar-refractivity contribution in [2.75, 3.05) is 26.2 Å². The van der Waals surface area contributed by atoms with Gasteiger partial charge in [0.15, 0.2) is 0 Å². The summed E-state index contributed by atoms with van der Waals surface area (Å²) in [6.45, 7) is 6.63. The number of aromatic nitrogens is 2. The van der Waals surface area contributed by atoms with Gasteiger partial charge < -0.3 is 9.47 Å². The second kappa shape index (κ2) is 11.8. The fourth-order valence-corrected chi connectivity index (χ4v) is 4.90. The number of piperazine rings is 1. The van der Waals surface area contributed by atoms with E-state index in [1.807, 2.05) is 72.0 Å². The minimum atomic E-state index is 0.0831. The van der Waals surface area contributed by atoms with Crippen LogP contribution in [0.2, 0.25) is 0 Å². The predicted octanol–water partition coefficient (Wildman–Crippen LogP) is 5.07. The first-order chi connectivity index (χ1) is 18.7. The van der Waals surface area contributed by atoms with Gasteiger partial charge in [0.25, 0.3) is 5.91 Å². The van der Waals surface area contributed by atoms with Crippen molar-refractivity contribution >= 4 is 16.7 Å². The maximum absolute atomic E-state index is 13.5. The molecular formula is C32H31N5O. The first kappa shape index (κ1) is 25.3. The fraction of sp³-hybridized carbons (Fsp3) is 0.281. The molecule has 190 valence electrons. The fourth-order valence-electron chi connectivity index (χ4n) is 4.90. The Balaban J connectivity index is 1.23. The van der Waals surface area contributed by atoms with Gasteiger partial charge in [-0.15, -0.1) is 0 Å². The van der Waals surface area contributed by atoms with Crippen molar-refractivity contribution in [1.29, 1.82) is 5.26 Å². The summed E-state index contributed by atoms with van der Waals surface area (Å²) in [5.74, 6) is 6.60. The average Bonchev–Trinajstić information content (AvgIpc) is 3.39. The second-order valence-electron chi connectivity index (χ2n) is 9.65. The molecule has 0 atom stereocenters. The van der Waals surface area contributed by atoms with Crippen LogP contribution >= 0.6 is 0 Å². The molecule has 6 nitrogen and oxygen atoms in total. The van der Waals surface area contributed by atoms with Gasteiger partial charge in [0, 0.05) is 63.0 Å². The summed E-state index contributed by atoms with van der Waals surface area (Å²) in [4.78, 5) is 22.3. The Morgan fingerprint density at radius 2 is 1.71 bits per heavy atom. The number of benzene rings is 3. The lowest BCUT2D eigenvalue weighted by molar-refractivity contribution is 0.0627. The van der Waals surface area contributed by atoms with Gasteiger partial charge in [-0.2, -0.15) is 5.26 Å². The summed E-state index contributed by atoms with van der Waals surface area (Å²) in [7, 11) is 0. The summed E-state index contributed by atoms with van der Waals surface area (Å²) in [5, 5.41) is 11.0. The number of unbranched alkanes of at least 4 members (excludes halogenated alkanes) is 1. The molecule has 0 spiro atoms. The van der Waals surface area contributed by atoms with Crippen LogP contribution in [0.5, 0.6) is 0 Å². The highest BCUT2D eigenvalue weighted by molar-refractivity contribution is 6.08. The Morgan fingerprint density at radius 1 is 0.947 bits per heavy atom. The van der Waals surface area contributed by atoms with Gasteiger partial charge in [-0.1, -0.05) is 55.2 Å². The summed E-state index contributed by atoms with van der Waals surface area (Å²) in [6, 6.07) is 21.8. The Labute approximate surface area is 224 Å². The van der Waals surface area contributed by atoms with Gasteiger partial charge in [0.05, 0.1) is 23.7 Å². The quantitative estimate of drug-likeness (QED) is 0.346. The van der Waals surface area contributed by atoms with Gasteiger partial charge in [-0.3, -0.25) is 9.69 Å². The smallest absolute Gasteiger partial charge is 0.254 e. The van der Waals surface area contributed by atoms with Crippen LogP contribution in [0.1, 0.15) is 52.5 Å². The highest BCUT2D eigenvalue weighted by atomic mass is 16.2. The van der Waals surface area contributed by atoms with E-state index in [4.69, 9.17) is 5.26 Å². The lowest BCUT2D eigenvalue weighted by atomic mass is 9.99. The standard InChI is InChI=1S/C32H31N5O/c1-2-3-4-7-27-8-5-10-30-29(27)9-6-11-31(30)32(38)36-18-16-35(17-19-36)23-28-21-34-24-37(28)22-26-14-12-25(20-33)13-15-26/h5-6,8-15,21,24H,2-3,16-19,22-23H2,1H3. The Hall–Kier alpha value is -4.39. The van der Waals surface area contributed by atoms with E-state index in [1.165, 1.54) is 0 Å². The number of amides is 1. The zero-order chi connectivity index (χ0) is 26.3. The van der Waals surface area contributed by atoms with E-state index in [-0.39, 0.29) is 5.91 Å². The largest absolute Gasteiger partial charge is 0.336 e. The first-order valence-electron chi connectivity index (χ1n) is 13.2. The van der Waals surface area contributed by atoms with Gasteiger partial charge in [-0.05, 0) is 47.0 Å². The van der Waals surface area contributed by atoms with Crippen molar-refractivity contribution in [3.8, 4) is 17.9 Å². The monoisotopic (exact) mass is 501 g/mol. The van der Waals surface area contributed by atoms with Crippen LogP contribution in [0.15, 0.2) is 73.2 Å². The normalized spacial score (nSPS) is 13.6. The van der Waals surface area contributed by atoms with E-state index >= 15 is 0 Å². The van der Waals surface area contributed by atoms with Crippen molar-refractivity contribution in [2.45, 2.75) is 32.9 Å². The molecule has 4 aromatic rings. The molecule has 0 radical (unpaired) electrons. The molecule has 1 amide bonds. The number of hydrogen-bond donors (Lipinski definition) is 0. The van der Waals surface area contributed by atoms with Crippen molar-refractivity contribution in [3.63, 3.8) is 0 Å². The molecule has 0 aliphatic carbocycles. The predicted molar refractivity (Wildman–Crippen MR) is 149 cm³/mol. The van der Waals surface area contributed by atoms with E-state index in [1.54, 1.807) is 0 Å².